The number of aromatic nitrogens is 2. The molecule has 1 atom stereocenters. The normalized spacial score (nSPS) is 11.8. The summed E-state index contributed by atoms with van der Waals surface area (Å²) in [6, 6.07) is 19.2. The number of pyridine rings is 1. The average Bonchev–Trinajstić information content (AvgIpc) is 3.23. The summed E-state index contributed by atoms with van der Waals surface area (Å²) in [5.41, 5.74) is 4.86. The van der Waals surface area contributed by atoms with Gasteiger partial charge in [0.1, 0.15) is 6.04 Å². The molecular formula is C25H27N5O2. The van der Waals surface area contributed by atoms with Crippen LogP contribution < -0.4 is 10.6 Å². The van der Waals surface area contributed by atoms with Crippen LogP contribution in [0.5, 0.6) is 0 Å². The molecule has 0 bridgehead atoms. The molecule has 1 amide bonds. The van der Waals surface area contributed by atoms with Gasteiger partial charge in [-0.25, -0.2) is 0 Å². The number of H-pyrrole nitrogens is 1. The molecule has 4 N–H and O–H groups in total. The molecule has 0 saturated heterocycles. The second kappa shape index (κ2) is 9.98. The lowest BCUT2D eigenvalue weighted by molar-refractivity contribution is -0.131. The Kier molecular flexibility index (Phi) is 6.67. The van der Waals surface area contributed by atoms with Crippen molar-refractivity contribution in [1.29, 1.82) is 0 Å². The summed E-state index contributed by atoms with van der Waals surface area (Å²) in [6.07, 6.45) is 5.96. The minimum Gasteiger partial charge on any atom is -0.395 e. The minimum absolute atomic E-state index is 0.0664. The number of fused-ring (bicyclic) bond motifs is 1. The largest absolute Gasteiger partial charge is 0.395 e. The van der Waals surface area contributed by atoms with Crippen molar-refractivity contribution in [1.82, 2.24) is 14.9 Å². The fraction of sp³-hybridized carbons (Fsp3) is 0.200. The highest BCUT2D eigenvalue weighted by atomic mass is 16.3. The third-order valence-electron chi connectivity index (χ3n) is 5.40. The third kappa shape index (κ3) is 5.07. The van der Waals surface area contributed by atoms with Crippen LogP contribution in [0.25, 0.3) is 10.9 Å². The third-order valence-corrected chi connectivity index (χ3v) is 5.40. The number of nitrogens with one attached hydrogen (secondary N) is 3. The van der Waals surface area contributed by atoms with Crippen LogP contribution in [0.4, 0.5) is 17.1 Å². The number of nitrogens with zero attached hydrogens (tertiary/aromatic N) is 2. The highest BCUT2D eigenvalue weighted by Gasteiger charge is 2.23. The Bertz CT molecular complexity index is 1160. The SMILES string of the molecule is CN(CCO)C(=O)[C@@H](Cc1c[nH]c2ccccc12)Nc1ccc(Nc2ccncc2)cc1. The number of amides is 1. The van der Waals surface area contributed by atoms with Gasteiger partial charge in [-0.3, -0.25) is 9.78 Å². The number of rotatable bonds is 9. The minimum atomic E-state index is -0.468. The molecule has 0 aliphatic rings. The number of benzene rings is 2. The molecule has 0 radical (unpaired) electrons. The Labute approximate surface area is 187 Å². The molecule has 2 heterocycles. The second-order valence-electron chi connectivity index (χ2n) is 7.68. The van der Waals surface area contributed by atoms with Crippen molar-refractivity contribution in [3.8, 4) is 0 Å². The number of carbonyl (C=O) groups excluding carboxylic acids is 1. The number of anilines is 3. The number of aliphatic hydroxyl groups is 1. The van der Waals surface area contributed by atoms with Crippen LogP contribution in [0.3, 0.4) is 0 Å². The highest BCUT2D eigenvalue weighted by Crippen LogP contribution is 2.23. The van der Waals surface area contributed by atoms with Crippen LogP contribution in [-0.2, 0) is 11.2 Å². The number of aromatic amines is 1. The van der Waals surface area contributed by atoms with Crippen molar-refractivity contribution < 1.29 is 9.90 Å². The maximum absolute atomic E-state index is 13.1. The van der Waals surface area contributed by atoms with Crippen LogP contribution >= 0.6 is 0 Å². The molecule has 164 valence electrons. The monoisotopic (exact) mass is 429 g/mol. The molecule has 7 heteroatoms. The van der Waals surface area contributed by atoms with Gasteiger partial charge in [-0.1, -0.05) is 18.2 Å². The summed E-state index contributed by atoms with van der Waals surface area (Å²) in [4.78, 5) is 22.0. The summed E-state index contributed by atoms with van der Waals surface area (Å²) < 4.78 is 0. The maximum Gasteiger partial charge on any atom is 0.245 e. The number of carbonyl (C=O) groups is 1. The van der Waals surface area contributed by atoms with Crippen molar-refractivity contribution in [3.05, 3.63) is 84.8 Å². The lowest BCUT2D eigenvalue weighted by Crippen LogP contribution is -2.43. The maximum atomic E-state index is 13.1. The molecule has 2 aromatic carbocycles. The van der Waals surface area contributed by atoms with Gasteiger partial charge in [-0.2, -0.15) is 0 Å². The van der Waals surface area contributed by atoms with E-state index in [-0.39, 0.29) is 12.5 Å². The molecule has 0 unspecified atom stereocenters. The zero-order valence-corrected chi connectivity index (χ0v) is 18.0. The quantitative estimate of drug-likeness (QED) is 0.325. The van der Waals surface area contributed by atoms with E-state index in [1.54, 1.807) is 24.3 Å². The lowest BCUT2D eigenvalue weighted by atomic mass is 10.0. The van der Waals surface area contributed by atoms with Gasteiger partial charge < -0.3 is 25.6 Å². The standard InChI is InChI=1S/C25H27N5O2/c1-30(14-15-31)25(32)24(16-18-17-27-23-5-3-2-4-22(18)23)29-20-8-6-19(7-9-20)28-21-10-12-26-13-11-21/h2-13,17,24,27,29,31H,14-16H2,1H3,(H,26,28)/t24-/m1/s1. The molecular weight excluding hydrogens is 402 g/mol. The van der Waals surface area contributed by atoms with Gasteiger partial charge in [0.25, 0.3) is 0 Å². The summed E-state index contributed by atoms with van der Waals surface area (Å²) in [6.45, 7) is 0.219. The topological polar surface area (TPSA) is 93.3 Å². The first-order chi connectivity index (χ1) is 15.6. The Balaban J connectivity index is 1.52. The Morgan fingerprint density at radius 2 is 1.72 bits per heavy atom. The molecule has 2 aromatic heterocycles. The van der Waals surface area contributed by atoms with Gasteiger partial charge in [0.15, 0.2) is 0 Å². The van der Waals surface area contributed by atoms with E-state index in [9.17, 15) is 9.90 Å². The number of para-hydroxylation sites is 1. The van der Waals surface area contributed by atoms with Crippen LogP contribution in [-0.4, -0.2) is 52.1 Å². The van der Waals surface area contributed by atoms with Gasteiger partial charge in [-0.05, 0) is 48.0 Å². The molecule has 0 aliphatic carbocycles. The van der Waals surface area contributed by atoms with E-state index in [4.69, 9.17) is 0 Å². The fourth-order valence-electron chi connectivity index (χ4n) is 3.70. The predicted molar refractivity (Wildman–Crippen MR) is 128 cm³/mol. The van der Waals surface area contributed by atoms with Crippen molar-refractivity contribution in [2.45, 2.75) is 12.5 Å². The number of likely N-dealkylation sites (N-methyl/N-ethyl adjacent to an activating group) is 1. The van der Waals surface area contributed by atoms with Crippen molar-refractivity contribution in [3.63, 3.8) is 0 Å². The van der Waals surface area contributed by atoms with E-state index < -0.39 is 6.04 Å². The molecule has 32 heavy (non-hydrogen) atoms. The van der Waals surface area contributed by atoms with Crippen LogP contribution in [0.15, 0.2) is 79.3 Å². The zero-order chi connectivity index (χ0) is 22.3. The van der Waals surface area contributed by atoms with E-state index in [0.29, 0.717) is 13.0 Å². The fourth-order valence-corrected chi connectivity index (χ4v) is 3.70. The Morgan fingerprint density at radius 1 is 1.03 bits per heavy atom. The molecule has 0 saturated carbocycles. The number of hydrogen-bond donors (Lipinski definition) is 4. The summed E-state index contributed by atoms with van der Waals surface area (Å²) in [5.74, 6) is -0.0664. The van der Waals surface area contributed by atoms with Crippen LogP contribution in [0.1, 0.15) is 5.56 Å². The average molecular weight is 430 g/mol. The highest BCUT2D eigenvalue weighted by molar-refractivity contribution is 5.88. The van der Waals surface area contributed by atoms with E-state index in [1.165, 1.54) is 0 Å². The lowest BCUT2D eigenvalue weighted by Gasteiger charge is -2.25. The van der Waals surface area contributed by atoms with Gasteiger partial charge in [-0.15, -0.1) is 0 Å². The van der Waals surface area contributed by atoms with Gasteiger partial charge in [0.2, 0.25) is 5.91 Å². The van der Waals surface area contributed by atoms with Gasteiger partial charge in [0, 0.05) is 66.6 Å². The Hall–Kier alpha value is -3.84. The summed E-state index contributed by atoms with van der Waals surface area (Å²) >= 11 is 0. The molecule has 4 aromatic rings. The van der Waals surface area contributed by atoms with Crippen molar-refractivity contribution >= 4 is 33.9 Å². The molecule has 0 fully saturated rings. The first kappa shape index (κ1) is 21.4. The van der Waals surface area contributed by atoms with E-state index in [2.05, 4.69) is 26.7 Å². The molecule has 7 nitrogen and oxygen atoms in total. The smallest absolute Gasteiger partial charge is 0.245 e. The Morgan fingerprint density at radius 3 is 2.47 bits per heavy atom. The number of aliphatic hydroxyl groups excluding tert-OH is 1. The molecule has 0 aliphatic heterocycles. The zero-order valence-electron chi connectivity index (χ0n) is 18.0. The van der Waals surface area contributed by atoms with Crippen LogP contribution in [0.2, 0.25) is 0 Å². The first-order valence-electron chi connectivity index (χ1n) is 10.6. The van der Waals surface area contributed by atoms with E-state index in [1.807, 2.05) is 60.8 Å². The second-order valence-corrected chi connectivity index (χ2v) is 7.68. The predicted octanol–water partition coefficient (Wildman–Crippen LogP) is 3.78. The molecule has 4 rings (SSSR count). The van der Waals surface area contributed by atoms with Gasteiger partial charge >= 0.3 is 0 Å². The van der Waals surface area contributed by atoms with Crippen LogP contribution in [0, 0.1) is 0 Å². The van der Waals surface area contributed by atoms with Gasteiger partial charge in [0.05, 0.1) is 6.61 Å². The van der Waals surface area contributed by atoms with E-state index in [0.717, 1.165) is 33.5 Å². The first-order valence-corrected chi connectivity index (χ1v) is 10.6. The molecule has 0 spiro atoms. The van der Waals surface area contributed by atoms with E-state index >= 15 is 0 Å². The number of hydrogen-bond acceptors (Lipinski definition) is 5. The summed E-state index contributed by atoms with van der Waals surface area (Å²) in [5, 5.41) is 17.1. The summed E-state index contributed by atoms with van der Waals surface area (Å²) in [7, 11) is 1.71. The van der Waals surface area contributed by atoms with Crippen molar-refractivity contribution in [2.24, 2.45) is 0 Å². The van der Waals surface area contributed by atoms with Crippen molar-refractivity contribution in [2.75, 3.05) is 30.8 Å².